The fourth-order valence-electron chi connectivity index (χ4n) is 5.66. The highest BCUT2D eigenvalue weighted by Crippen LogP contribution is 2.58. The monoisotopic (exact) mass is 480 g/mol. The van der Waals surface area contributed by atoms with Crippen LogP contribution in [0.15, 0.2) is 59.8 Å². The number of aromatic nitrogens is 4. The number of fused-ring (bicyclic) bond motifs is 2. The second kappa shape index (κ2) is 8.78. The van der Waals surface area contributed by atoms with Gasteiger partial charge in [0.05, 0.1) is 17.1 Å². The van der Waals surface area contributed by atoms with Crippen LogP contribution in [0.2, 0.25) is 0 Å². The largest absolute Gasteiger partial charge is 0.305 e. The predicted molar refractivity (Wildman–Crippen MR) is 139 cm³/mol. The van der Waals surface area contributed by atoms with Crippen molar-refractivity contribution in [3.05, 3.63) is 71.4 Å². The fourth-order valence-corrected chi connectivity index (χ4v) is 6.49. The molecule has 2 atom stereocenters. The van der Waals surface area contributed by atoms with Gasteiger partial charge in [0.25, 0.3) is 0 Å². The van der Waals surface area contributed by atoms with Crippen molar-refractivity contribution in [2.24, 2.45) is 13.0 Å². The van der Waals surface area contributed by atoms with E-state index in [1.165, 1.54) is 18.5 Å². The molecule has 0 amide bonds. The van der Waals surface area contributed by atoms with Gasteiger partial charge in [-0.3, -0.25) is 4.98 Å². The first-order valence-electron chi connectivity index (χ1n) is 12.2. The van der Waals surface area contributed by atoms with Gasteiger partial charge in [0, 0.05) is 47.9 Å². The molecule has 0 spiro atoms. The Morgan fingerprint density at radius 2 is 1.97 bits per heavy atom. The van der Waals surface area contributed by atoms with Gasteiger partial charge in [0.2, 0.25) is 0 Å². The fraction of sp³-hybridized carbons (Fsp3) is 0.357. The number of nitriles is 1. The molecule has 6 rings (SSSR count). The van der Waals surface area contributed by atoms with Crippen molar-refractivity contribution in [1.82, 2.24) is 24.6 Å². The van der Waals surface area contributed by atoms with Gasteiger partial charge in [0.1, 0.15) is 0 Å². The van der Waals surface area contributed by atoms with Crippen LogP contribution in [0, 0.1) is 24.2 Å². The number of thioether (sulfide) groups is 1. The maximum atomic E-state index is 9.07. The lowest BCUT2D eigenvalue weighted by atomic mass is 9.94. The zero-order valence-electron chi connectivity index (χ0n) is 20.1. The second-order valence-corrected chi connectivity index (χ2v) is 10.9. The van der Waals surface area contributed by atoms with Crippen LogP contribution >= 0.6 is 11.8 Å². The Kier molecular flexibility index (Phi) is 5.58. The van der Waals surface area contributed by atoms with E-state index in [1.807, 2.05) is 44.3 Å². The molecule has 1 saturated heterocycles. The van der Waals surface area contributed by atoms with Gasteiger partial charge in [-0.2, -0.15) is 5.26 Å². The molecule has 2 aromatic carbocycles. The van der Waals surface area contributed by atoms with Crippen molar-refractivity contribution in [1.29, 1.82) is 5.26 Å². The quantitative estimate of drug-likeness (QED) is 0.275. The first-order valence-corrected chi connectivity index (χ1v) is 13.2. The summed E-state index contributed by atoms with van der Waals surface area (Å²) >= 11 is 1.78. The third kappa shape index (κ3) is 4.01. The predicted octanol–water partition coefficient (Wildman–Crippen LogP) is 4.97. The third-order valence-electron chi connectivity index (χ3n) is 7.60. The maximum absolute atomic E-state index is 9.07. The molecule has 1 aliphatic carbocycles. The zero-order chi connectivity index (χ0) is 24.0. The Morgan fingerprint density at radius 3 is 2.80 bits per heavy atom. The highest BCUT2D eigenvalue weighted by atomic mass is 32.2. The molecule has 2 fully saturated rings. The third-order valence-corrected chi connectivity index (χ3v) is 8.71. The highest BCUT2D eigenvalue weighted by Gasteiger charge is 2.60. The summed E-state index contributed by atoms with van der Waals surface area (Å²) in [5.41, 5.74) is 5.55. The zero-order valence-corrected chi connectivity index (χ0v) is 20.9. The minimum Gasteiger partial charge on any atom is -0.305 e. The van der Waals surface area contributed by atoms with Gasteiger partial charge in [-0.15, -0.1) is 10.2 Å². The van der Waals surface area contributed by atoms with Crippen LogP contribution in [0.3, 0.4) is 0 Å². The van der Waals surface area contributed by atoms with Gasteiger partial charge in [-0.05, 0) is 62.1 Å². The Bertz CT molecular complexity index is 1440. The normalized spacial score (nSPS) is 21.2. The molecule has 0 radical (unpaired) electrons. The second-order valence-electron chi connectivity index (χ2n) is 9.87. The molecular weight excluding hydrogens is 452 g/mol. The number of pyridine rings is 1. The molecule has 3 heterocycles. The van der Waals surface area contributed by atoms with E-state index >= 15 is 0 Å². The van der Waals surface area contributed by atoms with Crippen molar-refractivity contribution in [3.63, 3.8) is 0 Å². The van der Waals surface area contributed by atoms with Crippen LogP contribution < -0.4 is 0 Å². The Balaban J connectivity index is 1.06. The summed E-state index contributed by atoms with van der Waals surface area (Å²) in [6.45, 7) is 5.45. The summed E-state index contributed by atoms with van der Waals surface area (Å²) in [5, 5.41) is 20.1. The lowest BCUT2D eigenvalue weighted by Gasteiger charge is -2.21. The number of rotatable bonds is 7. The van der Waals surface area contributed by atoms with Crippen LogP contribution in [0.5, 0.6) is 0 Å². The van der Waals surface area contributed by atoms with Crippen LogP contribution in [-0.4, -0.2) is 50.0 Å². The van der Waals surface area contributed by atoms with Gasteiger partial charge in [-0.1, -0.05) is 42.1 Å². The van der Waals surface area contributed by atoms with E-state index in [0.29, 0.717) is 5.41 Å². The molecule has 1 aliphatic heterocycles. The van der Waals surface area contributed by atoms with E-state index in [4.69, 9.17) is 5.26 Å². The number of benzene rings is 2. The standard InChI is InChI=1S/C28H28N6S/c1-19-7-12-23-24(5-3-6-25(23)30-19)26-31-32-27(33(26)2)35-14-4-13-34-17-22-15-28(22,18-34)21-10-8-20(16-29)9-11-21/h3,5-12,22H,4,13-15,17-18H2,1-2H3/t22-,28-/m0/s1. The van der Waals surface area contributed by atoms with Crippen molar-refractivity contribution >= 4 is 22.7 Å². The molecule has 0 bridgehead atoms. The molecule has 176 valence electrons. The molecule has 4 aromatic rings. The molecular formula is C28H28N6S. The lowest BCUT2D eigenvalue weighted by Crippen LogP contribution is -2.27. The first-order chi connectivity index (χ1) is 17.1. The van der Waals surface area contributed by atoms with Gasteiger partial charge in [0.15, 0.2) is 11.0 Å². The van der Waals surface area contributed by atoms with Gasteiger partial charge >= 0.3 is 0 Å². The van der Waals surface area contributed by atoms with Crippen LogP contribution in [0.25, 0.3) is 22.3 Å². The van der Waals surface area contributed by atoms with E-state index in [2.05, 4.69) is 55.0 Å². The van der Waals surface area contributed by atoms with E-state index < -0.39 is 0 Å². The average Bonchev–Trinajstić information content (AvgIpc) is 3.25. The topological polar surface area (TPSA) is 70.6 Å². The van der Waals surface area contributed by atoms with E-state index in [-0.39, 0.29) is 0 Å². The van der Waals surface area contributed by atoms with Crippen molar-refractivity contribution in [2.75, 3.05) is 25.4 Å². The van der Waals surface area contributed by atoms with Gasteiger partial charge in [-0.25, -0.2) is 0 Å². The molecule has 1 saturated carbocycles. The van der Waals surface area contributed by atoms with Gasteiger partial charge < -0.3 is 9.47 Å². The van der Waals surface area contributed by atoms with Crippen LogP contribution in [-0.2, 0) is 12.5 Å². The summed E-state index contributed by atoms with van der Waals surface area (Å²) < 4.78 is 2.10. The number of hydrogen-bond acceptors (Lipinski definition) is 6. The summed E-state index contributed by atoms with van der Waals surface area (Å²) in [6, 6.07) is 20.8. The molecule has 35 heavy (non-hydrogen) atoms. The summed E-state index contributed by atoms with van der Waals surface area (Å²) in [7, 11) is 2.05. The number of likely N-dealkylation sites (tertiary alicyclic amines) is 1. The van der Waals surface area contributed by atoms with E-state index in [1.54, 1.807) is 11.8 Å². The van der Waals surface area contributed by atoms with Crippen LogP contribution in [0.1, 0.15) is 29.7 Å². The maximum Gasteiger partial charge on any atom is 0.191 e. The van der Waals surface area contributed by atoms with Crippen molar-refractivity contribution < 1.29 is 0 Å². The average molecular weight is 481 g/mol. The summed E-state index contributed by atoms with van der Waals surface area (Å²) in [4.78, 5) is 7.27. The summed E-state index contributed by atoms with van der Waals surface area (Å²) in [6.07, 6.45) is 2.41. The van der Waals surface area contributed by atoms with Crippen molar-refractivity contribution in [2.45, 2.75) is 30.3 Å². The number of nitrogens with zero attached hydrogens (tertiary/aromatic N) is 6. The highest BCUT2D eigenvalue weighted by molar-refractivity contribution is 7.99. The number of aryl methyl sites for hydroxylation is 1. The smallest absolute Gasteiger partial charge is 0.191 e. The van der Waals surface area contributed by atoms with E-state index in [0.717, 1.165) is 69.9 Å². The molecule has 6 nitrogen and oxygen atoms in total. The molecule has 0 unspecified atom stereocenters. The van der Waals surface area contributed by atoms with Crippen molar-refractivity contribution in [3.8, 4) is 17.5 Å². The molecule has 7 heteroatoms. The lowest BCUT2D eigenvalue weighted by molar-refractivity contribution is 0.299. The first kappa shape index (κ1) is 22.3. The minimum absolute atomic E-state index is 0.325. The SMILES string of the molecule is Cc1ccc2c(-c3nnc(SCCCN4C[C@@H]5C[C@@]5(c5ccc(C#N)cc5)C4)n3C)cccc2n1. The molecule has 2 aromatic heterocycles. The van der Waals surface area contributed by atoms with Crippen LogP contribution in [0.4, 0.5) is 0 Å². The number of piperidine rings is 1. The summed E-state index contributed by atoms with van der Waals surface area (Å²) in [5.74, 6) is 2.67. The minimum atomic E-state index is 0.325. The molecule has 2 aliphatic rings. The Morgan fingerprint density at radius 1 is 1.11 bits per heavy atom. The Labute approximate surface area is 210 Å². The molecule has 0 N–H and O–H groups in total. The Hall–Kier alpha value is -3.21. The van der Waals surface area contributed by atoms with E-state index in [9.17, 15) is 0 Å². The number of hydrogen-bond donors (Lipinski definition) is 0.